The predicted octanol–water partition coefficient (Wildman–Crippen LogP) is 2.54. The Hall–Kier alpha value is 0.0900. The van der Waals surface area contributed by atoms with Gasteiger partial charge in [0.25, 0.3) is 0 Å². The molecule has 0 saturated heterocycles. The van der Waals surface area contributed by atoms with Gasteiger partial charge in [0.2, 0.25) is 0 Å². The molecule has 1 unspecified atom stereocenters. The van der Waals surface area contributed by atoms with Crippen LogP contribution in [0.15, 0.2) is 12.2 Å². The standard InChI is InChI=1S/C6H11S/c1-4-6(7)5(2)3/h6H,2,4H2,1,3H3. The van der Waals surface area contributed by atoms with Crippen LogP contribution in [-0.4, -0.2) is 5.25 Å². The van der Waals surface area contributed by atoms with E-state index in [0.29, 0.717) is 5.25 Å². The van der Waals surface area contributed by atoms with Crippen molar-refractivity contribution >= 4 is 12.6 Å². The molecule has 41 valence electrons. The monoisotopic (exact) mass is 115 g/mol. The summed E-state index contributed by atoms with van der Waals surface area (Å²) >= 11 is 4.96. The normalized spacial score (nSPS) is 13.6. The molecule has 0 aromatic heterocycles. The molecule has 0 aliphatic rings. The SMILES string of the molecule is C=C(C)C([S])CC. The first-order valence-electron chi connectivity index (χ1n) is 2.49. The third-order valence-electron chi connectivity index (χ3n) is 0.920. The van der Waals surface area contributed by atoms with Crippen LogP contribution in [0.25, 0.3) is 0 Å². The van der Waals surface area contributed by atoms with Gasteiger partial charge in [0.15, 0.2) is 0 Å². The average Bonchev–Trinajstić information content (AvgIpc) is 1.65. The smallest absolute Gasteiger partial charge is 0.0352 e. The Balaban J connectivity index is 3.34. The van der Waals surface area contributed by atoms with Crippen molar-refractivity contribution in [2.45, 2.75) is 25.5 Å². The maximum absolute atomic E-state index is 4.96. The van der Waals surface area contributed by atoms with Crippen molar-refractivity contribution in [3.05, 3.63) is 12.2 Å². The van der Waals surface area contributed by atoms with Crippen LogP contribution in [0.3, 0.4) is 0 Å². The lowest BCUT2D eigenvalue weighted by atomic mass is 10.2. The second kappa shape index (κ2) is 3.14. The largest absolute Gasteiger partial charge is 0.0990 e. The lowest BCUT2D eigenvalue weighted by Gasteiger charge is -2.01. The summed E-state index contributed by atoms with van der Waals surface area (Å²) in [5, 5.41) is 0.292. The van der Waals surface area contributed by atoms with Crippen LogP contribution in [0.1, 0.15) is 20.3 Å². The highest BCUT2D eigenvalue weighted by atomic mass is 32.1. The summed E-state index contributed by atoms with van der Waals surface area (Å²) in [6.07, 6.45) is 1.03. The van der Waals surface area contributed by atoms with Gasteiger partial charge in [-0.3, -0.25) is 0 Å². The fraction of sp³-hybridized carbons (Fsp3) is 0.667. The van der Waals surface area contributed by atoms with Crippen LogP contribution in [0.4, 0.5) is 0 Å². The van der Waals surface area contributed by atoms with Crippen molar-refractivity contribution in [3.8, 4) is 0 Å². The van der Waals surface area contributed by atoms with Gasteiger partial charge in [0, 0.05) is 5.25 Å². The minimum atomic E-state index is 0.292. The summed E-state index contributed by atoms with van der Waals surface area (Å²) in [4.78, 5) is 0. The molecule has 7 heavy (non-hydrogen) atoms. The lowest BCUT2D eigenvalue weighted by molar-refractivity contribution is 0.935. The topological polar surface area (TPSA) is 0 Å². The average molecular weight is 115 g/mol. The third kappa shape index (κ3) is 2.75. The van der Waals surface area contributed by atoms with E-state index in [2.05, 4.69) is 13.5 Å². The first kappa shape index (κ1) is 7.09. The first-order chi connectivity index (χ1) is 3.18. The Morgan fingerprint density at radius 3 is 2.29 bits per heavy atom. The minimum absolute atomic E-state index is 0.292. The van der Waals surface area contributed by atoms with E-state index in [4.69, 9.17) is 12.6 Å². The Morgan fingerprint density at radius 1 is 1.86 bits per heavy atom. The quantitative estimate of drug-likeness (QED) is 0.485. The molecule has 0 fully saturated rings. The second-order valence-electron chi connectivity index (χ2n) is 1.74. The van der Waals surface area contributed by atoms with Crippen LogP contribution in [0.2, 0.25) is 0 Å². The first-order valence-corrected chi connectivity index (χ1v) is 2.96. The van der Waals surface area contributed by atoms with Gasteiger partial charge < -0.3 is 0 Å². The van der Waals surface area contributed by atoms with Crippen LogP contribution in [-0.2, 0) is 0 Å². The molecule has 0 heterocycles. The van der Waals surface area contributed by atoms with E-state index in [-0.39, 0.29) is 0 Å². The zero-order chi connectivity index (χ0) is 5.86. The van der Waals surface area contributed by atoms with Gasteiger partial charge in [0.05, 0.1) is 0 Å². The van der Waals surface area contributed by atoms with E-state index in [1.165, 1.54) is 0 Å². The molecule has 0 saturated carbocycles. The predicted molar refractivity (Wildman–Crippen MR) is 36.5 cm³/mol. The second-order valence-corrected chi connectivity index (χ2v) is 2.31. The number of hydrogen-bond acceptors (Lipinski definition) is 0. The molecule has 0 N–H and O–H groups in total. The summed E-state index contributed by atoms with van der Waals surface area (Å²) in [7, 11) is 0. The van der Waals surface area contributed by atoms with Crippen LogP contribution < -0.4 is 0 Å². The van der Waals surface area contributed by atoms with Gasteiger partial charge in [-0.15, -0.1) is 0 Å². The van der Waals surface area contributed by atoms with Gasteiger partial charge in [-0.1, -0.05) is 31.7 Å². The Kier molecular flexibility index (Phi) is 3.18. The highest BCUT2D eigenvalue weighted by molar-refractivity contribution is 7.81. The molecule has 0 spiro atoms. The summed E-state index contributed by atoms with van der Waals surface area (Å²) < 4.78 is 0. The van der Waals surface area contributed by atoms with Crippen molar-refractivity contribution in [1.29, 1.82) is 0 Å². The summed E-state index contributed by atoms with van der Waals surface area (Å²) in [5.41, 5.74) is 1.11. The van der Waals surface area contributed by atoms with E-state index in [1.54, 1.807) is 0 Å². The minimum Gasteiger partial charge on any atom is -0.0990 e. The van der Waals surface area contributed by atoms with Crippen molar-refractivity contribution < 1.29 is 0 Å². The Labute approximate surface area is 51.0 Å². The van der Waals surface area contributed by atoms with E-state index in [9.17, 15) is 0 Å². The zero-order valence-corrected chi connectivity index (χ0v) is 5.72. The third-order valence-corrected chi connectivity index (χ3v) is 1.66. The molecule has 0 bridgehead atoms. The molecule has 0 amide bonds. The molecular weight excluding hydrogens is 104 g/mol. The molecule has 0 aliphatic carbocycles. The molecule has 1 heteroatoms. The summed E-state index contributed by atoms with van der Waals surface area (Å²) in [6, 6.07) is 0. The lowest BCUT2D eigenvalue weighted by Crippen LogP contribution is -1.94. The molecule has 0 aromatic carbocycles. The fourth-order valence-corrected chi connectivity index (χ4v) is 0.348. The number of rotatable bonds is 2. The van der Waals surface area contributed by atoms with Crippen molar-refractivity contribution in [1.82, 2.24) is 0 Å². The highest BCUT2D eigenvalue weighted by Gasteiger charge is 1.97. The molecule has 0 aromatic rings. The maximum Gasteiger partial charge on any atom is 0.0352 e. The molecular formula is C6H11S. The van der Waals surface area contributed by atoms with Gasteiger partial charge in [0.1, 0.15) is 0 Å². The van der Waals surface area contributed by atoms with Gasteiger partial charge in [-0.25, -0.2) is 0 Å². The zero-order valence-electron chi connectivity index (χ0n) is 4.90. The van der Waals surface area contributed by atoms with Crippen LogP contribution in [0, 0.1) is 0 Å². The van der Waals surface area contributed by atoms with Crippen molar-refractivity contribution in [2.24, 2.45) is 0 Å². The van der Waals surface area contributed by atoms with Gasteiger partial charge >= 0.3 is 0 Å². The van der Waals surface area contributed by atoms with Gasteiger partial charge in [-0.05, 0) is 13.3 Å². The van der Waals surface area contributed by atoms with E-state index < -0.39 is 0 Å². The van der Waals surface area contributed by atoms with Crippen molar-refractivity contribution in [2.75, 3.05) is 0 Å². The highest BCUT2D eigenvalue weighted by Crippen LogP contribution is 2.08. The molecule has 1 atom stereocenters. The van der Waals surface area contributed by atoms with E-state index in [0.717, 1.165) is 12.0 Å². The van der Waals surface area contributed by atoms with E-state index >= 15 is 0 Å². The van der Waals surface area contributed by atoms with Crippen LogP contribution in [0.5, 0.6) is 0 Å². The molecule has 0 aliphatic heterocycles. The Bertz CT molecular complexity index is 66.6. The molecule has 1 radical (unpaired) electrons. The van der Waals surface area contributed by atoms with Gasteiger partial charge in [-0.2, -0.15) is 0 Å². The number of hydrogen-bond donors (Lipinski definition) is 0. The van der Waals surface area contributed by atoms with E-state index in [1.807, 2.05) is 6.92 Å². The fourth-order valence-electron chi connectivity index (χ4n) is 0.348. The Morgan fingerprint density at radius 2 is 2.29 bits per heavy atom. The molecule has 0 rings (SSSR count). The summed E-state index contributed by atoms with van der Waals surface area (Å²) in [5.74, 6) is 0. The summed E-state index contributed by atoms with van der Waals surface area (Å²) in [6.45, 7) is 7.77. The molecule has 0 nitrogen and oxygen atoms in total. The van der Waals surface area contributed by atoms with Crippen LogP contribution >= 0.6 is 12.6 Å². The maximum atomic E-state index is 4.96. The van der Waals surface area contributed by atoms with Crippen molar-refractivity contribution in [3.63, 3.8) is 0 Å².